The normalized spacial score (nSPS) is 9.70. The minimum atomic E-state index is -0.875. The lowest BCUT2D eigenvalue weighted by atomic mass is 10.6. The predicted octanol–water partition coefficient (Wildman–Crippen LogP) is 0.572. The summed E-state index contributed by atoms with van der Waals surface area (Å²) in [4.78, 5) is 10.1. The Morgan fingerprint density at radius 2 is 2.60 bits per heavy atom. The second-order valence-corrected chi connectivity index (χ2v) is 3.00. The first-order chi connectivity index (χ1) is 4.68. The standard InChI is InChI=1S/C5H5IN2O2/c6-4-1-7-8(2-4)3-5(9)10/h1-2H,3H2,(H,9,10). The van der Waals surface area contributed by atoms with E-state index in [1.165, 1.54) is 4.68 Å². The van der Waals surface area contributed by atoms with Crippen molar-refractivity contribution >= 4 is 28.6 Å². The largest absolute Gasteiger partial charge is 0.480 e. The highest BCUT2D eigenvalue weighted by Crippen LogP contribution is 2.00. The zero-order chi connectivity index (χ0) is 7.56. The van der Waals surface area contributed by atoms with Crippen LogP contribution in [0.1, 0.15) is 0 Å². The molecule has 1 aromatic rings. The lowest BCUT2D eigenvalue weighted by Gasteiger charge is -1.91. The Kier molecular flexibility index (Phi) is 2.25. The SMILES string of the molecule is O=C(O)Cn1cc(I)cn1. The monoisotopic (exact) mass is 252 g/mol. The first-order valence-electron chi connectivity index (χ1n) is 2.58. The fraction of sp³-hybridized carbons (Fsp3) is 0.200. The van der Waals surface area contributed by atoms with Crippen LogP contribution in [0.15, 0.2) is 12.4 Å². The highest BCUT2D eigenvalue weighted by atomic mass is 127. The molecule has 0 spiro atoms. The summed E-state index contributed by atoms with van der Waals surface area (Å²) < 4.78 is 2.32. The lowest BCUT2D eigenvalue weighted by Crippen LogP contribution is -2.08. The van der Waals surface area contributed by atoms with Crippen molar-refractivity contribution in [3.05, 3.63) is 16.0 Å². The Labute approximate surface area is 71.0 Å². The van der Waals surface area contributed by atoms with Gasteiger partial charge >= 0.3 is 5.97 Å². The summed E-state index contributed by atoms with van der Waals surface area (Å²) in [6.45, 7) is -0.0665. The maximum atomic E-state index is 10.1. The molecule has 0 fully saturated rings. The molecule has 0 atom stereocenters. The van der Waals surface area contributed by atoms with Crippen LogP contribution in [0.3, 0.4) is 0 Å². The molecule has 54 valence electrons. The van der Waals surface area contributed by atoms with Gasteiger partial charge in [0.1, 0.15) is 6.54 Å². The topological polar surface area (TPSA) is 55.1 Å². The van der Waals surface area contributed by atoms with Crippen molar-refractivity contribution in [1.82, 2.24) is 9.78 Å². The molecule has 0 saturated heterocycles. The van der Waals surface area contributed by atoms with Crippen molar-refractivity contribution in [2.45, 2.75) is 6.54 Å². The van der Waals surface area contributed by atoms with E-state index < -0.39 is 5.97 Å². The van der Waals surface area contributed by atoms with Gasteiger partial charge < -0.3 is 5.11 Å². The van der Waals surface area contributed by atoms with Gasteiger partial charge in [-0.25, -0.2) is 0 Å². The van der Waals surface area contributed by atoms with Crippen molar-refractivity contribution < 1.29 is 9.90 Å². The number of hydrogen-bond donors (Lipinski definition) is 1. The molecule has 4 nitrogen and oxygen atoms in total. The summed E-state index contributed by atoms with van der Waals surface area (Å²) in [5.74, 6) is -0.875. The highest BCUT2D eigenvalue weighted by Gasteiger charge is 1.98. The summed E-state index contributed by atoms with van der Waals surface area (Å²) in [6, 6.07) is 0. The molecule has 0 aliphatic rings. The van der Waals surface area contributed by atoms with E-state index in [9.17, 15) is 4.79 Å². The van der Waals surface area contributed by atoms with Crippen LogP contribution >= 0.6 is 22.6 Å². The summed E-state index contributed by atoms with van der Waals surface area (Å²) >= 11 is 2.07. The number of carbonyl (C=O) groups is 1. The second-order valence-electron chi connectivity index (χ2n) is 1.75. The number of carboxylic acids is 1. The molecule has 1 heterocycles. The van der Waals surface area contributed by atoms with Crippen molar-refractivity contribution in [2.24, 2.45) is 0 Å². The Morgan fingerprint density at radius 3 is 3.00 bits per heavy atom. The van der Waals surface area contributed by atoms with Crippen molar-refractivity contribution in [1.29, 1.82) is 0 Å². The van der Waals surface area contributed by atoms with Crippen LogP contribution in [0.5, 0.6) is 0 Å². The molecule has 0 saturated carbocycles. The highest BCUT2D eigenvalue weighted by molar-refractivity contribution is 14.1. The van der Waals surface area contributed by atoms with Gasteiger partial charge in [0, 0.05) is 6.20 Å². The zero-order valence-electron chi connectivity index (χ0n) is 4.99. The molecule has 10 heavy (non-hydrogen) atoms. The van der Waals surface area contributed by atoms with Gasteiger partial charge in [-0.3, -0.25) is 9.48 Å². The molecule has 0 aromatic carbocycles. The minimum absolute atomic E-state index is 0.0665. The molecular weight excluding hydrogens is 247 g/mol. The van der Waals surface area contributed by atoms with Gasteiger partial charge in [-0.15, -0.1) is 0 Å². The number of rotatable bonds is 2. The van der Waals surface area contributed by atoms with Crippen molar-refractivity contribution in [3.63, 3.8) is 0 Å². The third kappa shape index (κ3) is 1.98. The fourth-order valence-corrected chi connectivity index (χ4v) is 1.01. The Bertz CT molecular complexity index is 246. The van der Waals surface area contributed by atoms with Gasteiger partial charge in [-0.1, -0.05) is 0 Å². The van der Waals surface area contributed by atoms with Crippen molar-refractivity contribution in [3.8, 4) is 0 Å². The maximum Gasteiger partial charge on any atom is 0.325 e. The maximum absolute atomic E-state index is 10.1. The van der Waals surface area contributed by atoms with Crippen molar-refractivity contribution in [2.75, 3.05) is 0 Å². The van der Waals surface area contributed by atoms with E-state index in [-0.39, 0.29) is 6.54 Å². The average Bonchev–Trinajstić information content (AvgIpc) is 2.13. The Hall–Kier alpha value is -0.590. The summed E-state index contributed by atoms with van der Waals surface area (Å²) in [6.07, 6.45) is 3.29. The third-order valence-corrected chi connectivity index (χ3v) is 1.46. The number of hydrogen-bond acceptors (Lipinski definition) is 2. The van der Waals surface area contributed by atoms with E-state index in [4.69, 9.17) is 5.11 Å². The zero-order valence-corrected chi connectivity index (χ0v) is 7.15. The smallest absolute Gasteiger partial charge is 0.325 e. The van der Waals surface area contributed by atoms with Crippen LogP contribution in [0.2, 0.25) is 0 Å². The van der Waals surface area contributed by atoms with Gasteiger partial charge in [0.25, 0.3) is 0 Å². The van der Waals surface area contributed by atoms with Gasteiger partial charge in [0.15, 0.2) is 0 Å². The molecule has 1 aromatic heterocycles. The Morgan fingerprint density at radius 1 is 1.90 bits per heavy atom. The molecular formula is C5H5IN2O2. The molecule has 0 amide bonds. The molecule has 1 N–H and O–H groups in total. The van der Waals surface area contributed by atoms with Gasteiger partial charge in [-0.2, -0.15) is 5.10 Å². The quantitative estimate of drug-likeness (QED) is 0.783. The van der Waals surface area contributed by atoms with E-state index in [0.29, 0.717) is 0 Å². The average molecular weight is 252 g/mol. The molecule has 1 rings (SSSR count). The number of aliphatic carboxylic acids is 1. The van der Waals surface area contributed by atoms with Gasteiger partial charge in [0.2, 0.25) is 0 Å². The number of aromatic nitrogens is 2. The molecule has 0 aliphatic heterocycles. The van der Waals surface area contributed by atoms with E-state index in [0.717, 1.165) is 3.57 Å². The summed E-state index contributed by atoms with van der Waals surface area (Å²) in [7, 11) is 0. The van der Waals surface area contributed by atoms with E-state index in [2.05, 4.69) is 27.7 Å². The predicted molar refractivity (Wildman–Crippen MR) is 42.6 cm³/mol. The summed E-state index contributed by atoms with van der Waals surface area (Å²) in [5, 5.41) is 12.1. The lowest BCUT2D eigenvalue weighted by molar-refractivity contribution is -0.137. The first-order valence-corrected chi connectivity index (χ1v) is 3.66. The molecule has 0 radical (unpaired) electrons. The first kappa shape index (κ1) is 7.52. The minimum Gasteiger partial charge on any atom is -0.480 e. The molecule has 0 aliphatic carbocycles. The van der Waals surface area contributed by atoms with E-state index >= 15 is 0 Å². The molecule has 5 heteroatoms. The number of carboxylic acid groups (broad SMARTS) is 1. The van der Waals surface area contributed by atoms with Gasteiger partial charge in [0.05, 0.1) is 9.77 Å². The summed E-state index contributed by atoms with van der Waals surface area (Å²) in [5.41, 5.74) is 0. The van der Waals surface area contributed by atoms with Crippen LogP contribution in [0.4, 0.5) is 0 Å². The van der Waals surface area contributed by atoms with Gasteiger partial charge in [-0.05, 0) is 22.6 Å². The number of nitrogens with zero attached hydrogens (tertiary/aromatic N) is 2. The number of halogens is 1. The van der Waals surface area contributed by atoms with Crippen LogP contribution in [0, 0.1) is 3.57 Å². The van der Waals surface area contributed by atoms with Crippen LogP contribution in [0.25, 0.3) is 0 Å². The molecule has 0 unspecified atom stereocenters. The molecule has 0 bridgehead atoms. The van der Waals surface area contributed by atoms with E-state index in [1.54, 1.807) is 12.4 Å². The third-order valence-electron chi connectivity index (χ3n) is 0.899. The van der Waals surface area contributed by atoms with Crippen LogP contribution in [-0.4, -0.2) is 20.9 Å². The fourth-order valence-electron chi connectivity index (χ4n) is 0.563. The van der Waals surface area contributed by atoms with Crippen LogP contribution < -0.4 is 0 Å². The Balaban J connectivity index is 2.67. The van der Waals surface area contributed by atoms with Crippen LogP contribution in [-0.2, 0) is 11.3 Å². The van der Waals surface area contributed by atoms with E-state index in [1.807, 2.05) is 0 Å². The second kappa shape index (κ2) is 3.00.